The Morgan fingerprint density at radius 2 is 0.684 bits per heavy atom. The number of carbonyl (C=O) groups is 3. The average Bonchev–Trinajstić information content (AvgIpc) is 3.42. The number of ether oxygens (including phenoxy) is 4. The van der Waals surface area contributed by atoms with Gasteiger partial charge in [0.1, 0.15) is 13.2 Å². The van der Waals surface area contributed by atoms with Crippen molar-refractivity contribution in [1.29, 1.82) is 0 Å². The van der Waals surface area contributed by atoms with E-state index in [1.165, 1.54) is 148 Å². The van der Waals surface area contributed by atoms with Crippen LogP contribution in [0.2, 0.25) is 0 Å². The third kappa shape index (κ3) is 61.7. The van der Waals surface area contributed by atoms with Crippen molar-refractivity contribution in [2.45, 2.75) is 283 Å². The number of carboxylic acid groups (broad SMARTS) is 1. The lowest BCUT2D eigenvalue weighted by Gasteiger charge is -2.25. The van der Waals surface area contributed by atoms with Crippen molar-refractivity contribution in [2.24, 2.45) is 0 Å². The second-order valence-electron chi connectivity index (χ2n) is 22.7. The highest BCUT2D eigenvalue weighted by atomic mass is 16.7. The molecule has 0 aromatic carbocycles. The lowest BCUT2D eigenvalue weighted by Crippen LogP contribution is -2.40. The third-order valence-electron chi connectivity index (χ3n) is 13.8. The Morgan fingerprint density at radius 3 is 1.01 bits per heavy atom. The van der Waals surface area contributed by atoms with Gasteiger partial charge in [-0.3, -0.25) is 9.59 Å². The van der Waals surface area contributed by atoms with Crippen LogP contribution in [0.1, 0.15) is 271 Å². The van der Waals surface area contributed by atoms with Gasteiger partial charge in [-0.05, 0) is 89.9 Å². The minimum absolute atomic E-state index is 0.184. The Morgan fingerprint density at radius 1 is 0.380 bits per heavy atom. The van der Waals surface area contributed by atoms with Crippen LogP contribution in [0.4, 0.5) is 0 Å². The smallest absolute Gasteiger partial charge is 0.361 e. The van der Waals surface area contributed by atoms with Crippen LogP contribution in [0.3, 0.4) is 0 Å². The molecule has 9 heteroatoms. The van der Waals surface area contributed by atoms with Gasteiger partial charge in [0.25, 0.3) is 6.29 Å². The summed E-state index contributed by atoms with van der Waals surface area (Å²) in [6, 6.07) is 0. The fourth-order valence-corrected chi connectivity index (χ4v) is 8.94. The molecule has 0 aliphatic heterocycles. The second kappa shape index (κ2) is 60.3. The highest BCUT2D eigenvalue weighted by molar-refractivity contribution is 5.71. The van der Waals surface area contributed by atoms with Crippen molar-refractivity contribution in [3.05, 3.63) is 97.2 Å². The standard InChI is InChI=1S/C70H121NO8/c1-6-8-10-12-14-16-18-20-22-24-26-28-30-31-32-33-34-35-36-37-39-41-43-45-47-49-51-53-55-57-59-61-68(73)79-66(65-78-70(69(74)75)76-63-62-71(3,4)5)64-77-67(72)60-58-56-54-52-50-48-46-44-42-40-38-29-27-25-23-21-19-17-15-13-11-9-7-2/h8-11,14-17,20-23,26-29,66,70H,6-7,12-13,18-19,24-25,30-65H2,1-5H3/p+1/b10-8-,11-9-,16-14-,17-15-,22-20-,23-21-,28-26-,29-27-. The zero-order chi connectivity index (χ0) is 57.6. The van der Waals surface area contributed by atoms with Crippen molar-refractivity contribution in [3.8, 4) is 0 Å². The highest BCUT2D eigenvalue weighted by Gasteiger charge is 2.25. The van der Waals surface area contributed by atoms with E-state index in [-0.39, 0.29) is 32.2 Å². The van der Waals surface area contributed by atoms with E-state index < -0.39 is 24.3 Å². The van der Waals surface area contributed by atoms with Gasteiger partial charge in [-0.2, -0.15) is 0 Å². The molecule has 0 amide bonds. The largest absolute Gasteiger partial charge is 0.477 e. The Hall–Kier alpha value is -3.79. The fraction of sp³-hybridized carbons (Fsp3) is 0.729. The maximum Gasteiger partial charge on any atom is 0.361 e. The van der Waals surface area contributed by atoms with Gasteiger partial charge >= 0.3 is 17.9 Å². The molecule has 0 spiro atoms. The minimum atomic E-state index is -1.51. The molecule has 454 valence electrons. The Balaban J connectivity index is 4.14. The summed E-state index contributed by atoms with van der Waals surface area (Å²) < 4.78 is 22.9. The van der Waals surface area contributed by atoms with Crippen LogP contribution in [-0.2, 0) is 33.3 Å². The van der Waals surface area contributed by atoms with Crippen LogP contribution in [0.25, 0.3) is 0 Å². The van der Waals surface area contributed by atoms with Crippen molar-refractivity contribution >= 4 is 17.9 Å². The molecule has 0 aromatic heterocycles. The molecule has 0 aliphatic carbocycles. The predicted octanol–water partition coefficient (Wildman–Crippen LogP) is 19.7. The highest BCUT2D eigenvalue weighted by Crippen LogP contribution is 2.17. The maximum absolute atomic E-state index is 12.9. The molecule has 2 atom stereocenters. The van der Waals surface area contributed by atoms with Crippen LogP contribution >= 0.6 is 0 Å². The van der Waals surface area contributed by atoms with Gasteiger partial charge in [0.2, 0.25) is 0 Å². The molecule has 1 N–H and O–H groups in total. The molecule has 0 fully saturated rings. The van der Waals surface area contributed by atoms with Crippen LogP contribution in [0.15, 0.2) is 97.2 Å². The quantitative estimate of drug-likeness (QED) is 0.0211. The number of rotatable bonds is 59. The summed E-state index contributed by atoms with van der Waals surface area (Å²) in [4.78, 5) is 37.6. The topological polar surface area (TPSA) is 108 Å². The molecule has 79 heavy (non-hydrogen) atoms. The Bertz CT molecular complexity index is 1620. The SMILES string of the molecule is CC/C=C\C/C=C\C/C=C\C/C=C\CCCCCCCCCCCCCCCCCCCCC(=O)OC(COC(=O)CCCCCCCCCCCC/C=C\C/C=C\C/C=C\C/C=C\CC)COC(OCC[N+](C)(C)C)C(=O)O. The summed E-state index contributed by atoms with van der Waals surface area (Å²) in [5.41, 5.74) is 0. The number of hydrogen-bond acceptors (Lipinski definition) is 7. The lowest BCUT2D eigenvalue weighted by atomic mass is 10.0. The average molecular weight is 1110 g/mol. The number of likely N-dealkylation sites (N-methyl/N-ethyl adjacent to an activating group) is 1. The second-order valence-corrected chi connectivity index (χ2v) is 22.7. The van der Waals surface area contributed by atoms with Gasteiger partial charge in [-0.1, -0.05) is 265 Å². The van der Waals surface area contributed by atoms with Crippen LogP contribution in [0, 0.1) is 0 Å². The molecule has 0 radical (unpaired) electrons. The Labute approximate surface area is 486 Å². The summed E-state index contributed by atoms with van der Waals surface area (Å²) in [5.74, 6) is -2.00. The number of esters is 2. The van der Waals surface area contributed by atoms with E-state index in [9.17, 15) is 19.5 Å². The number of carboxylic acids is 1. The number of carbonyl (C=O) groups excluding carboxylic acids is 2. The van der Waals surface area contributed by atoms with E-state index >= 15 is 0 Å². The molecule has 0 bridgehead atoms. The van der Waals surface area contributed by atoms with Gasteiger partial charge in [0.15, 0.2) is 6.10 Å². The summed E-state index contributed by atoms with van der Waals surface area (Å²) in [7, 11) is 5.97. The minimum Gasteiger partial charge on any atom is -0.477 e. The first kappa shape index (κ1) is 75.2. The number of aliphatic carboxylic acids is 1. The van der Waals surface area contributed by atoms with Crippen LogP contribution in [-0.4, -0.2) is 87.4 Å². The number of nitrogens with zero attached hydrogens (tertiary/aromatic N) is 1. The van der Waals surface area contributed by atoms with E-state index in [4.69, 9.17) is 18.9 Å². The lowest BCUT2D eigenvalue weighted by molar-refractivity contribution is -0.870. The van der Waals surface area contributed by atoms with Crippen LogP contribution < -0.4 is 0 Å². The summed E-state index contributed by atoms with van der Waals surface area (Å²) in [6.07, 6.45) is 79.3. The predicted molar refractivity (Wildman–Crippen MR) is 336 cm³/mol. The van der Waals surface area contributed by atoms with E-state index in [0.29, 0.717) is 17.4 Å². The molecule has 0 aromatic rings. The molecule has 2 unspecified atom stereocenters. The van der Waals surface area contributed by atoms with E-state index in [0.717, 1.165) is 96.3 Å². The maximum atomic E-state index is 12.9. The first-order valence-corrected chi connectivity index (χ1v) is 32.4. The fourth-order valence-electron chi connectivity index (χ4n) is 8.94. The summed E-state index contributed by atoms with van der Waals surface area (Å²) in [6.45, 7) is 4.67. The molecule has 0 saturated carbocycles. The molecule has 0 rings (SSSR count). The van der Waals surface area contributed by atoms with Crippen molar-refractivity contribution in [1.82, 2.24) is 0 Å². The summed E-state index contributed by atoms with van der Waals surface area (Å²) >= 11 is 0. The zero-order valence-corrected chi connectivity index (χ0v) is 51.8. The van der Waals surface area contributed by atoms with Gasteiger partial charge in [-0.25, -0.2) is 4.79 Å². The van der Waals surface area contributed by atoms with E-state index in [2.05, 4.69) is 111 Å². The van der Waals surface area contributed by atoms with Crippen molar-refractivity contribution < 1.29 is 42.9 Å². The first-order chi connectivity index (χ1) is 38.6. The van der Waals surface area contributed by atoms with E-state index in [1.807, 2.05) is 21.1 Å². The molecule has 9 nitrogen and oxygen atoms in total. The third-order valence-corrected chi connectivity index (χ3v) is 13.8. The van der Waals surface area contributed by atoms with Crippen molar-refractivity contribution in [3.63, 3.8) is 0 Å². The number of allylic oxidation sites excluding steroid dienone is 16. The number of hydrogen-bond donors (Lipinski definition) is 1. The molecule has 0 saturated heterocycles. The van der Waals surface area contributed by atoms with Crippen LogP contribution in [0.5, 0.6) is 0 Å². The van der Waals surface area contributed by atoms with E-state index in [1.54, 1.807) is 0 Å². The Kier molecular flexibility index (Phi) is 57.4. The molecular weight excluding hydrogens is 983 g/mol. The summed E-state index contributed by atoms with van der Waals surface area (Å²) in [5, 5.41) is 9.73. The zero-order valence-electron chi connectivity index (χ0n) is 51.8. The first-order valence-electron chi connectivity index (χ1n) is 32.4. The number of unbranched alkanes of at least 4 members (excludes halogenated alkanes) is 28. The van der Waals surface area contributed by atoms with Gasteiger partial charge < -0.3 is 28.5 Å². The number of quaternary nitrogens is 1. The molecule has 0 aliphatic rings. The molecule has 0 heterocycles. The van der Waals surface area contributed by atoms with Gasteiger partial charge in [0, 0.05) is 12.8 Å². The van der Waals surface area contributed by atoms with Crippen molar-refractivity contribution in [2.75, 3.05) is 47.5 Å². The normalized spacial score (nSPS) is 13.4. The van der Waals surface area contributed by atoms with Gasteiger partial charge in [0.05, 0.1) is 34.4 Å². The molecular formula is C70H122NO8+. The monoisotopic (exact) mass is 1100 g/mol. The van der Waals surface area contributed by atoms with Gasteiger partial charge in [-0.15, -0.1) is 0 Å².